The summed E-state index contributed by atoms with van der Waals surface area (Å²) in [5.74, 6) is -0.00781. The van der Waals surface area contributed by atoms with Crippen molar-refractivity contribution in [2.24, 2.45) is 0 Å². The minimum Gasteiger partial charge on any atom is -0.429 e. The maximum absolute atomic E-state index is 14.6. The second-order valence-electron chi connectivity index (χ2n) is 8.08. The van der Waals surface area contributed by atoms with E-state index in [4.69, 9.17) is 9.47 Å². The summed E-state index contributed by atoms with van der Waals surface area (Å²) in [6.45, 7) is 3.97. The topological polar surface area (TPSA) is 18.5 Å². The number of unbranched alkanes of at least 4 members (excludes halogenated alkanes) is 3. The highest BCUT2D eigenvalue weighted by atomic mass is 19.3. The Balaban J connectivity index is 1.63. The van der Waals surface area contributed by atoms with E-state index in [1.54, 1.807) is 24.3 Å². The van der Waals surface area contributed by atoms with Crippen LogP contribution in [0.2, 0.25) is 0 Å². The molecule has 0 aliphatic carbocycles. The molecule has 0 amide bonds. The molecule has 0 atom stereocenters. The average Bonchev–Trinajstić information content (AvgIpc) is 2.79. The minimum atomic E-state index is -3.67. The van der Waals surface area contributed by atoms with E-state index in [9.17, 15) is 17.6 Å². The van der Waals surface area contributed by atoms with Crippen molar-refractivity contribution in [2.75, 3.05) is 0 Å². The lowest BCUT2D eigenvalue weighted by molar-refractivity contribution is -0.188. The van der Waals surface area contributed by atoms with Crippen LogP contribution in [-0.2, 0) is 18.6 Å². The van der Waals surface area contributed by atoms with Gasteiger partial charge in [-0.15, -0.1) is 0 Å². The van der Waals surface area contributed by atoms with E-state index in [0.29, 0.717) is 0 Å². The summed E-state index contributed by atoms with van der Waals surface area (Å²) >= 11 is 0. The molecule has 0 fully saturated rings. The molecule has 3 rings (SSSR count). The third-order valence-electron chi connectivity index (χ3n) is 5.31. The summed E-state index contributed by atoms with van der Waals surface area (Å²) in [6, 6.07) is 16.4. The Bertz CT molecular complexity index is 998. The molecule has 0 aliphatic rings. The highest BCUT2D eigenvalue weighted by Gasteiger charge is 2.38. The van der Waals surface area contributed by atoms with E-state index in [-0.39, 0.29) is 11.5 Å². The number of alkyl halides is 4. The zero-order chi connectivity index (χ0) is 23.9. The minimum absolute atomic E-state index is 0.00872. The standard InChI is InChI=1S/C27H28F4O2/c1-3-4-5-6-7-21-10-18-25(19-11-21)33-27(30,31)23-14-12-22(13-15-23)26(28,29)32-24-16-8-20(2)9-17-24/h8-19H,3-7H2,1-2H3. The van der Waals surface area contributed by atoms with E-state index in [1.807, 2.05) is 6.92 Å². The number of ether oxygens (including phenoxy) is 2. The first-order chi connectivity index (χ1) is 15.7. The molecule has 33 heavy (non-hydrogen) atoms. The molecule has 0 N–H and O–H groups in total. The zero-order valence-electron chi connectivity index (χ0n) is 18.8. The monoisotopic (exact) mass is 460 g/mol. The molecule has 0 heterocycles. The molecule has 176 valence electrons. The van der Waals surface area contributed by atoms with Gasteiger partial charge in [0, 0.05) is 0 Å². The van der Waals surface area contributed by atoms with Gasteiger partial charge in [0.05, 0.1) is 11.1 Å². The van der Waals surface area contributed by atoms with Crippen LogP contribution in [0.25, 0.3) is 0 Å². The molecule has 0 aromatic heterocycles. The Kier molecular flexibility index (Phi) is 8.01. The Morgan fingerprint density at radius 3 is 1.52 bits per heavy atom. The van der Waals surface area contributed by atoms with Crippen molar-refractivity contribution in [1.82, 2.24) is 0 Å². The Labute approximate surface area is 192 Å². The molecule has 2 nitrogen and oxygen atoms in total. The molecular weight excluding hydrogens is 432 g/mol. The average molecular weight is 461 g/mol. The van der Waals surface area contributed by atoms with Crippen LogP contribution in [0.5, 0.6) is 11.5 Å². The Morgan fingerprint density at radius 2 is 1.06 bits per heavy atom. The van der Waals surface area contributed by atoms with Gasteiger partial charge >= 0.3 is 12.2 Å². The van der Waals surface area contributed by atoms with Crippen LogP contribution < -0.4 is 9.47 Å². The SMILES string of the molecule is CCCCCCc1ccc(OC(F)(F)c2ccc(C(F)(F)Oc3ccc(C)cc3)cc2)cc1. The van der Waals surface area contributed by atoms with Gasteiger partial charge in [-0.25, -0.2) is 0 Å². The molecule has 0 spiro atoms. The van der Waals surface area contributed by atoms with Crippen LogP contribution in [0.3, 0.4) is 0 Å². The molecule has 0 saturated carbocycles. The largest absolute Gasteiger partial charge is 0.429 e. The van der Waals surface area contributed by atoms with Gasteiger partial charge in [-0.1, -0.05) is 56.0 Å². The van der Waals surface area contributed by atoms with Crippen molar-refractivity contribution in [3.63, 3.8) is 0 Å². The van der Waals surface area contributed by atoms with Gasteiger partial charge in [-0.05, 0) is 73.9 Å². The molecule has 0 bridgehead atoms. The van der Waals surface area contributed by atoms with Gasteiger partial charge in [0.1, 0.15) is 11.5 Å². The lowest BCUT2D eigenvalue weighted by atomic mass is 10.1. The first kappa shape index (κ1) is 24.6. The van der Waals surface area contributed by atoms with Crippen LogP contribution >= 0.6 is 0 Å². The third kappa shape index (κ3) is 6.98. The number of benzene rings is 3. The van der Waals surface area contributed by atoms with Crippen LogP contribution in [-0.4, -0.2) is 0 Å². The van der Waals surface area contributed by atoms with Crippen molar-refractivity contribution in [1.29, 1.82) is 0 Å². The number of rotatable bonds is 11. The van der Waals surface area contributed by atoms with Crippen molar-refractivity contribution in [2.45, 2.75) is 58.2 Å². The van der Waals surface area contributed by atoms with Gasteiger partial charge < -0.3 is 9.47 Å². The van der Waals surface area contributed by atoms with E-state index in [0.717, 1.165) is 61.1 Å². The van der Waals surface area contributed by atoms with Gasteiger partial charge in [0.2, 0.25) is 0 Å². The molecule has 0 unspecified atom stereocenters. The van der Waals surface area contributed by atoms with Gasteiger partial charge in [-0.2, -0.15) is 17.6 Å². The molecule has 0 radical (unpaired) electrons. The van der Waals surface area contributed by atoms with Crippen LogP contribution in [0.15, 0.2) is 72.8 Å². The quantitative estimate of drug-likeness (QED) is 0.211. The Morgan fingerprint density at radius 1 is 0.606 bits per heavy atom. The zero-order valence-corrected chi connectivity index (χ0v) is 18.8. The maximum atomic E-state index is 14.6. The maximum Gasteiger partial charge on any atom is 0.426 e. The second-order valence-corrected chi connectivity index (χ2v) is 8.08. The number of hydrogen-bond acceptors (Lipinski definition) is 2. The van der Waals surface area contributed by atoms with E-state index in [2.05, 4.69) is 6.92 Å². The van der Waals surface area contributed by atoms with Crippen molar-refractivity contribution < 1.29 is 27.0 Å². The highest BCUT2D eigenvalue weighted by Crippen LogP contribution is 2.35. The fourth-order valence-corrected chi connectivity index (χ4v) is 3.36. The number of hydrogen-bond donors (Lipinski definition) is 0. The fourth-order valence-electron chi connectivity index (χ4n) is 3.36. The highest BCUT2D eigenvalue weighted by molar-refractivity contribution is 5.32. The van der Waals surface area contributed by atoms with Crippen LogP contribution in [0.4, 0.5) is 17.6 Å². The first-order valence-corrected chi connectivity index (χ1v) is 11.1. The molecule has 6 heteroatoms. The van der Waals surface area contributed by atoms with Gasteiger partial charge in [-0.3, -0.25) is 0 Å². The molecular formula is C27H28F4O2. The first-order valence-electron chi connectivity index (χ1n) is 11.1. The van der Waals surface area contributed by atoms with Crippen LogP contribution in [0, 0.1) is 6.92 Å². The second kappa shape index (κ2) is 10.7. The third-order valence-corrected chi connectivity index (χ3v) is 5.31. The lowest BCUT2D eigenvalue weighted by Gasteiger charge is -2.21. The predicted molar refractivity (Wildman–Crippen MR) is 121 cm³/mol. The summed E-state index contributed by atoms with van der Waals surface area (Å²) in [5.41, 5.74) is 0.900. The Hall–Kier alpha value is -3.02. The van der Waals surface area contributed by atoms with Crippen molar-refractivity contribution >= 4 is 0 Å². The van der Waals surface area contributed by atoms with Crippen LogP contribution in [0.1, 0.15) is 54.9 Å². The summed E-state index contributed by atoms with van der Waals surface area (Å²) in [4.78, 5) is 0. The van der Waals surface area contributed by atoms with Gasteiger partial charge in [0.15, 0.2) is 0 Å². The summed E-state index contributed by atoms with van der Waals surface area (Å²) in [6.07, 6.45) is -1.94. The van der Waals surface area contributed by atoms with E-state index < -0.39 is 23.3 Å². The van der Waals surface area contributed by atoms with E-state index in [1.165, 1.54) is 30.7 Å². The summed E-state index contributed by atoms with van der Waals surface area (Å²) in [5, 5.41) is 0. The normalized spacial score (nSPS) is 11.9. The van der Waals surface area contributed by atoms with E-state index >= 15 is 0 Å². The fraction of sp³-hybridized carbons (Fsp3) is 0.333. The molecule has 0 aliphatic heterocycles. The van der Waals surface area contributed by atoms with Crippen molar-refractivity contribution in [3.8, 4) is 11.5 Å². The summed E-state index contributed by atoms with van der Waals surface area (Å²) < 4.78 is 67.7. The number of aryl methyl sites for hydroxylation is 2. The number of halogens is 4. The smallest absolute Gasteiger partial charge is 0.426 e. The molecule has 3 aromatic carbocycles. The lowest BCUT2D eigenvalue weighted by Crippen LogP contribution is -2.24. The molecule has 3 aromatic rings. The predicted octanol–water partition coefficient (Wildman–Crippen LogP) is 8.37. The van der Waals surface area contributed by atoms with Crippen molar-refractivity contribution in [3.05, 3.63) is 95.1 Å². The van der Waals surface area contributed by atoms with Gasteiger partial charge in [0.25, 0.3) is 0 Å². The molecule has 0 saturated heterocycles. The summed E-state index contributed by atoms with van der Waals surface area (Å²) in [7, 11) is 0.